The van der Waals surface area contributed by atoms with E-state index in [0.717, 1.165) is 37.9 Å². The Morgan fingerprint density at radius 3 is 2.87 bits per heavy atom. The van der Waals surface area contributed by atoms with E-state index < -0.39 is 6.10 Å². The predicted octanol–water partition coefficient (Wildman–Crippen LogP) is 1.51. The molecule has 0 unspecified atom stereocenters. The average Bonchev–Trinajstić information content (AvgIpc) is 3.10. The summed E-state index contributed by atoms with van der Waals surface area (Å²) >= 11 is 0. The van der Waals surface area contributed by atoms with E-state index in [1.807, 2.05) is 12.1 Å². The molecule has 2 heterocycles. The molecule has 1 saturated carbocycles. The Morgan fingerprint density at radius 2 is 2.13 bits per heavy atom. The molecular formula is C18H27N3O2. The highest BCUT2D eigenvalue weighted by atomic mass is 16.3. The van der Waals surface area contributed by atoms with Crippen molar-refractivity contribution in [2.75, 3.05) is 13.1 Å². The molecule has 2 fully saturated rings. The van der Waals surface area contributed by atoms with E-state index in [9.17, 15) is 9.90 Å². The van der Waals surface area contributed by atoms with Gasteiger partial charge in [-0.25, -0.2) is 0 Å². The number of nitrogens with one attached hydrogen (secondary N) is 1. The Hall–Kier alpha value is -1.46. The van der Waals surface area contributed by atoms with Crippen LogP contribution >= 0.6 is 0 Å². The van der Waals surface area contributed by atoms with Gasteiger partial charge in [-0.1, -0.05) is 6.07 Å². The van der Waals surface area contributed by atoms with E-state index in [0.29, 0.717) is 12.8 Å². The van der Waals surface area contributed by atoms with Crippen LogP contribution in [0.25, 0.3) is 0 Å². The molecule has 1 aromatic rings. The lowest BCUT2D eigenvalue weighted by Gasteiger charge is -2.40. The first-order valence-corrected chi connectivity index (χ1v) is 8.84. The fourth-order valence-corrected chi connectivity index (χ4v) is 3.87. The molecule has 0 spiro atoms. The third kappa shape index (κ3) is 4.30. The maximum Gasteiger partial charge on any atom is 0.220 e. The number of carbonyl (C=O) groups is 1. The minimum absolute atomic E-state index is 0.0278. The Bertz CT molecular complexity index is 502. The van der Waals surface area contributed by atoms with E-state index in [-0.39, 0.29) is 18.0 Å². The number of aliphatic hydroxyl groups excluding tert-OH is 1. The summed E-state index contributed by atoms with van der Waals surface area (Å²) in [4.78, 5) is 18.7. The molecule has 1 aliphatic heterocycles. The van der Waals surface area contributed by atoms with Crippen molar-refractivity contribution in [3.8, 4) is 0 Å². The maximum atomic E-state index is 12.2. The lowest BCUT2D eigenvalue weighted by molar-refractivity contribution is -0.123. The largest absolute Gasteiger partial charge is 0.389 e. The lowest BCUT2D eigenvalue weighted by atomic mass is 9.87. The van der Waals surface area contributed by atoms with Crippen molar-refractivity contribution >= 4 is 5.91 Å². The van der Waals surface area contributed by atoms with Crippen LogP contribution < -0.4 is 5.32 Å². The van der Waals surface area contributed by atoms with Gasteiger partial charge in [0.2, 0.25) is 5.91 Å². The van der Waals surface area contributed by atoms with Crippen LogP contribution in [0.3, 0.4) is 0 Å². The molecule has 0 aromatic carbocycles. The minimum atomic E-state index is -0.441. The molecule has 0 radical (unpaired) electrons. The second-order valence-electron chi connectivity index (χ2n) is 6.77. The van der Waals surface area contributed by atoms with Gasteiger partial charge in [0.15, 0.2) is 0 Å². The summed E-state index contributed by atoms with van der Waals surface area (Å²) in [6.45, 7) is 2.17. The highest BCUT2D eigenvalue weighted by molar-refractivity contribution is 5.76. The smallest absolute Gasteiger partial charge is 0.220 e. The summed E-state index contributed by atoms with van der Waals surface area (Å²) in [7, 11) is 0. The summed E-state index contributed by atoms with van der Waals surface area (Å²) in [6, 6.07) is 3.99. The quantitative estimate of drug-likeness (QED) is 0.864. The fourth-order valence-electron chi connectivity index (χ4n) is 3.87. The molecular weight excluding hydrogens is 290 g/mol. The van der Waals surface area contributed by atoms with Crippen molar-refractivity contribution in [2.45, 2.75) is 63.1 Å². The van der Waals surface area contributed by atoms with E-state index in [2.05, 4.69) is 15.2 Å². The number of amides is 1. The first kappa shape index (κ1) is 16.4. The number of likely N-dealkylation sites (tertiary alicyclic amines) is 1. The van der Waals surface area contributed by atoms with Crippen molar-refractivity contribution in [1.29, 1.82) is 0 Å². The summed E-state index contributed by atoms with van der Waals surface area (Å²) in [6.07, 6.45) is 9.69. The summed E-state index contributed by atoms with van der Waals surface area (Å²) in [5.41, 5.74) is 1.07. The standard InChI is InChI=1S/C18H27N3O2/c22-17(9-8-14-5-4-10-19-13-14)20-15-6-3-7-16(18(15)23)21-11-1-2-12-21/h4-5,10,13,15-16,18,23H,1-3,6-9,11-12H2,(H,20,22)/t15-,16-,18-/m1/s1. The highest BCUT2D eigenvalue weighted by Crippen LogP contribution is 2.26. The van der Waals surface area contributed by atoms with Crippen LogP contribution in [-0.2, 0) is 11.2 Å². The summed E-state index contributed by atoms with van der Waals surface area (Å²) in [5, 5.41) is 13.7. The first-order valence-electron chi connectivity index (χ1n) is 8.84. The number of pyridine rings is 1. The van der Waals surface area contributed by atoms with Gasteiger partial charge in [-0.15, -0.1) is 0 Å². The Balaban J connectivity index is 1.49. The zero-order valence-corrected chi connectivity index (χ0v) is 13.7. The van der Waals surface area contributed by atoms with Crippen LogP contribution in [0.5, 0.6) is 0 Å². The number of nitrogens with zero attached hydrogens (tertiary/aromatic N) is 2. The molecule has 2 aliphatic rings. The number of hydrogen-bond donors (Lipinski definition) is 2. The van der Waals surface area contributed by atoms with Gasteiger partial charge in [-0.3, -0.25) is 14.7 Å². The van der Waals surface area contributed by atoms with Gasteiger partial charge in [0.25, 0.3) is 0 Å². The van der Waals surface area contributed by atoms with Crippen molar-refractivity contribution in [2.24, 2.45) is 0 Å². The molecule has 1 saturated heterocycles. The van der Waals surface area contributed by atoms with E-state index in [4.69, 9.17) is 0 Å². The zero-order chi connectivity index (χ0) is 16.1. The molecule has 2 N–H and O–H groups in total. The summed E-state index contributed by atoms with van der Waals surface area (Å²) in [5.74, 6) is 0.0278. The second-order valence-corrected chi connectivity index (χ2v) is 6.77. The van der Waals surface area contributed by atoms with Crippen LogP contribution in [0.2, 0.25) is 0 Å². The molecule has 3 atom stereocenters. The molecule has 126 valence electrons. The molecule has 23 heavy (non-hydrogen) atoms. The predicted molar refractivity (Wildman–Crippen MR) is 88.9 cm³/mol. The zero-order valence-electron chi connectivity index (χ0n) is 13.7. The van der Waals surface area contributed by atoms with Gasteiger partial charge >= 0.3 is 0 Å². The normalized spacial score (nSPS) is 28.7. The van der Waals surface area contributed by atoms with Crippen LogP contribution in [-0.4, -0.2) is 52.2 Å². The third-order valence-electron chi connectivity index (χ3n) is 5.14. The monoisotopic (exact) mass is 317 g/mol. The Kier molecular flexibility index (Phi) is 5.62. The summed E-state index contributed by atoms with van der Waals surface area (Å²) < 4.78 is 0. The second kappa shape index (κ2) is 7.88. The lowest BCUT2D eigenvalue weighted by Crippen LogP contribution is -2.56. The topological polar surface area (TPSA) is 65.5 Å². The van der Waals surface area contributed by atoms with E-state index in [1.165, 1.54) is 12.8 Å². The van der Waals surface area contributed by atoms with Gasteiger partial charge < -0.3 is 10.4 Å². The molecule has 3 rings (SSSR count). The molecule has 5 nitrogen and oxygen atoms in total. The molecule has 1 amide bonds. The van der Waals surface area contributed by atoms with E-state index in [1.54, 1.807) is 12.4 Å². The Labute approximate surface area is 138 Å². The van der Waals surface area contributed by atoms with Crippen LogP contribution in [0.1, 0.15) is 44.1 Å². The first-order chi connectivity index (χ1) is 11.2. The van der Waals surface area contributed by atoms with Gasteiger partial charge in [0, 0.05) is 24.9 Å². The van der Waals surface area contributed by atoms with E-state index >= 15 is 0 Å². The molecule has 5 heteroatoms. The molecule has 0 bridgehead atoms. The van der Waals surface area contributed by atoms with Gasteiger partial charge in [-0.2, -0.15) is 0 Å². The van der Waals surface area contributed by atoms with Crippen molar-refractivity contribution in [3.63, 3.8) is 0 Å². The molecule has 1 aromatic heterocycles. The molecule has 1 aliphatic carbocycles. The van der Waals surface area contributed by atoms with Crippen molar-refractivity contribution in [3.05, 3.63) is 30.1 Å². The minimum Gasteiger partial charge on any atom is -0.389 e. The highest BCUT2D eigenvalue weighted by Gasteiger charge is 2.36. The number of carbonyl (C=O) groups excluding carboxylic acids is 1. The van der Waals surface area contributed by atoms with Crippen molar-refractivity contribution < 1.29 is 9.90 Å². The van der Waals surface area contributed by atoms with Gasteiger partial charge in [-0.05, 0) is 63.2 Å². The van der Waals surface area contributed by atoms with Crippen LogP contribution in [0.15, 0.2) is 24.5 Å². The fraction of sp³-hybridized carbons (Fsp3) is 0.667. The Morgan fingerprint density at radius 1 is 1.30 bits per heavy atom. The number of aliphatic hydroxyl groups is 1. The van der Waals surface area contributed by atoms with Crippen LogP contribution in [0, 0.1) is 0 Å². The van der Waals surface area contributed by atoms with Crippen LogP contribution in [0.4, 0.5) is 0 Å². The maximum absolute atomic E-state index is 12.2. The average molecular weight is 317 g/mol. The number of rotatable bonds is 5. The van der Waals surface area contributed by atoms with Gasteiger partial charge in [0.05, 0.1) is 12.1 Å². The van der Waals surface area contributed by atoms with Gasteiger partial charge in [0.1, 0.15) is 0 Å². The SMILES string of the molecule is O=C(CCc1cccnc1)N[C@@H]1CCC[C@@H](N2CCCC2)[C@@H]1O. The number of aryl methyl sites for hydroxylation is 1. The number of aromatic nitrogens is 1. The number of hydrogen-bond acceptors (Lipinski definition) is 4. The van der Waals surface area contributed by atoms with Crippen molar-refractivity contribution in [1.82, 2.24) is 15.2 Å². The third-order valence-corrected chi connectivity index (χ3v) is 5.14.